The van der Waals surface area contributed by atoms with Gasteiger partial charge in [-0.3, -0.25) is 9.59 Å². The van der Waals surface area contributed by atoms with Crippen molar-refractivity contribution in [3.05, 3.63) is 18.3 Å². The molecule has 2 amide bonds. The lowest BCUT2D eigenvalue weighted by molar-refractivity contribution is -0.126. The van der Waals surface area contributed by atoms with Gasteiger partial charge in [0.15, 0.2) is 0 Å². The molecule has 114 valence electrons. The van der Waals surface area contributed by atoms with Crippen molar-refractivity contribution >= 4 is 17.5 Å². The number of pyridine rings is 1. The maximum absolute atomic E-state index is 12.0. The minimum absolute atomic E-state index is 0.00160. The number of ether oxygens (including phenoxy) is 2. The molecular weight excluding hydrogens is 274 g/mol. The molecule has 0 radical (unpaired) electrons. The first-order chi connectivity index (χ1) is 10.2. The molecule has 1 aromatic rings. The second kappa shape index (κ2) is 7.58. The van der Waals surface area contributed by atoms with Gasteiger partial charge in [0, 0.05) is 26.1 Å². The van der Waals surface area contributed by atoms with E-state index in [0.29, 0.717) is 44.2 Å². The lowest BCUT2D eigenvalue weighted by Crippen LogP contribution is -2.40. The normalized spacial score (nSPS) is 18.0. The Kier molecular flexibility index (Phi) is 5.51. The number of carbonyl (C=O) groups is 2. The van der Waals surface area contributed by atoms with Crippen molar-refractivity contribution < 1.29 is 19.1 Å². The second-order valence-corrected chi connectivity index (χ2v) is 4.76. The zero-order valence-corrected chi connectivity index (χ0v) is 11.9. The Labute approximate surface area is 123 Å². The first-order valence-corrected chi connectivity index (χ1v) is 6.84. The molecule has 0 bridgehead atoms. The summed E-state index contributed by atoms with van der Waals surface area (Å²) in [5.41, 5.74) is 0.607. The highest BCUT2D eigenvalue weighted by Gasteiger charge is 2.24. The van der Waals surface area contributed by atoms with Crippen LogP contribution in [0.15, 0.2) is 18.3 Å². The van der Waals surface area contributed by atoms with E-state index in [-0.39, 0.29) is 17.7 Å². The van der Waals surface area contributed by atoms with Gasteiger partial charge in [0.05, 0.1) is 24.4 Å². The zero-order chi connectivity index (χ0) is 15.1. The number of amides is 2. The first kappa shape index (κ1) is 15.2. The van der Waals surface area contributed by atoms with Crippen LogP contribution in [0.3, 0.4) is 0 Å². The number of rotatable bonds is 6. The van der Waals surface area contributed by atoms with Crippen molar-refractivity contribution in [2.45, 2.75) is 12.8 Å². The molecule has 1 unspecified atom stereocenters. The zero-order valence-electron chi connectivity index (χ0n) is 11.9. The summed E-state index contributed by atoms with van der Waals surface area (Å²) in [5.74, 6) is 0.179. The van der Waals surface area contributed by atoms with Gasteiger partial charge in [0.25, 0.3) is 0 Å². The Bertz CT molecular complexity index is 479. The molecule has 1 aliphatic heterocycles. The predicted octanol–water partition coefficient (Wildman–Crippen LogP) is 0.571. The van der Waals surface area contributed by atoms with Gasteiger partial charge in [0.1, 0.15) is 6.61 Å². The first-order valence-electron chi connectivity index (χ1n) is 6.84. The van der Waals surface area contributed by atoms with E-state index in [1.807, 2.05) is 0 Å². The van der Waals surface area contributed by atoms with Gasteiger partial charge >= 0.3 is 0 Å². The largest absolute Gasteiger partial charge is 0.475 e. The summed E-state index contributed by atoms with van der Waals surface area (Å²) in [7, 11) is 1.60. The maximum atomic E-state index is 12.0. The summed E-state index contributed by atoms with van der Waals surface area (Å²) in [4.78, 5) is 27.2. The Morgan fingerprint density at radius 2 is 2.33 bits per heavy atom. The van der Waals surface area contributed by atoms with Crippen molar-refractivity contribution in [3.63, 3.8) is 0 Å². The van der Waals surface area contributed by atoms with E-state index in [9.17, 15) is 9.59 Å². The van der Waals surface area contributed by atoms with Gasteiger partial charge in [-0.1, -0.05) is 0 Å². The number of carbonyl (C=O) groups excluding carboxylic acids is 2. The Hall–Kier alpha value is -2.15. The topological polar surface area (TPSA) is 89.5 Å². The molecule has 1 saturated heterocycles. The second-order valence-electron chi connectivity index (χ2n) is 4.76. The number of hydrogen-bond donors (Lipinski definition) is 2. The summed E-state index contributed by atoms with van der Waals surface area (Å²) in [6, 6.07) is 3.42. The molecule has 1 fully saturated rings. The maximum Gasteiger partial charge on any atom is 0.229 e. The fourth-order valence-corrected chi connectivity index (χ4v) is 1.97. The average molecular weight is 293 g/mol. The van der Waals surface area contributed by atoms with Crippen LogP contribution in [-0.4, -0.2) is 43.7 Å². The third-order valence-electron chi connectivity index (χ3n) is 3.18. The number of methoxy groups -OCH3 is 1. The Morgan fingerprint density at radius 1 is 1.48 bits per heavy atom. The summed E-state index contributed by atoms with van der Waals surface area (Å²) < 4.78 is 10.2. The van der Waals surface area contributed by atoms with Crippen molar-refractivity contribution in [1.82, 2.24) is 10.3 Å². The van der Waals surface area contributed by atoms with Gasteiger partial charge in [0.2, 0.25) is 17.7 Å². The molecule has 0 aromatic carbocycles. The predicted molar refractivity (Wildman–Crippen MR) is 76.0 cm³/mol. The molecule has 21 heavy (non-hydrogen) atoms. The average Bonchev–Trinajstić information content (AvgIpc) is 2.50. The number of hydrogen-bond acceptors (Lipinski definition) is 5. The highest BCUT2D eigenvalue weighted by Crippen LogP contribution is 2.16. The fraction of sp³-hybridized carbons (Fsp3) is 0.500. The van der Waals surface area contributed by atoms with E-state index in [1.54, 1.807) is 25.4 Å². The van der Waals surface area contributed by atoms with Crippen molar-refractivity contribution in [1.29, 1.82) is 0 Å². The van der Waals surface area contributed by atoms with Gasteiger partial charge < -0.3 is 20.1 Å². The van der Waals surface area contributed by atoms with Crippen LogP contribution in [0.4, 0.5) is 5.69 Å². The van der Waals surface area contributed by atoms with Gasteiger partial charge in [-0.25, -0.2) is 4.98 Å². The van der Waals surface area contributed by atoms with E-state index in [1.165, 1.54) is 0 Å². The van der Waals surface area contributed by atoms with Crippen LogP contribution in [0.25, 0.3) is 0 Å². The third-order valence-corrected chi connectivity index (χ3v) is 3.18. The molecule has 7 heteroatoms. The Morgan fingerprint density at radius 3 is 2.95 bits per heavy atom. The number of aromatic nitrogens is 1. The fourth-order valence-electron chi connectivity index (χ4n) is 1.97. The highest BCUT2D eigenvalue weighted by molar-refractivity contribution is 5.93. The van der Waals surface area contributed by atoms with Crippen molar-refractivity contribution in [3.8, 4) is 5.88 Å². The summed E-state index contributed by atoms with van der Waals surface area (Å²) in [5, 5.41) is 5.48. The van der Waals surface area contributed by atoms with Crippen LogP contribution in [0.1, 0.15) is 12.8 Å². The SMILES string of the molecule is COCCOc1ccc(NC(=O)C2CCC(=O)NC2)cn1. The van der Waals surface area contributed by atoms with Crippen LogP contribution in [0.5, 0.6) is 5.88 Å². The number of piperidine rings is 1. The molecule has 2 heterocycles. The van der Waals surface area contributed by atoms with E-state index in [0.717, 1.165) is 0 Å². The van der Waals surface area contributed by atoms with Crippen molar-refractivity contribution in [2.75, 3.05) is 32.2 Å². The third kappa shape index (κ3) is 4.71. The molecule has 2 N–H and O–H groups in total. The lowest BCUT2D eigenvalue weighted by atomic mass is 9.98. The van der Waals surface area contributed by atoms with Gasteiger partial charge in [-0.15, -0.1) is 0 Å². The monoisotopic (exact) mass is 293 g/mol. The van der Waals surface area contributed by atoms with Gasteiger partial charge in [-0.05, 0) is 12.5 Å². The Balaban J connectivity index is 1.82. The molecular formula is C14H19N3O4. The standard InChI is InChI=1S/C14H19N3O4/c1-20-6-7-21-13-5-3-11(9-16-13)17-14(19)10-2-4-12(18)15-8-10/h3,5,9-10H,2,4,6-8H2,1H3,(H,15,18)(H,17,19). The smallest absolute Gasteiger partial charge is 0.229 e. The highest BCUT2D eigenvalue weighted by atomic mass is 16.5. The van der Waals surface area contributed by atoms with Gasteiger partial charge in [-0.2, -0.15) is 0 Å². The molecule has 0 saturated carbocycles. The lowest BCUT2D eigenvalue weighted by Gasteiger charge is -2.21. The van der Waals surface area contributed by atoms with Crippen LogP contribution in [0.2, 0.25) is 0 Å². The molecule has 0 spiro atoms. The van der Waals surface area contributed by atoms with E-state index in [2.05, 4.69) is 15.6 Å². The van der Waals surface area contributed by atoms with E-state index < -0.39 is 0 Å². The summed E-state index contributed by atoms with van der Waals surface area (Å²) in [6.07, 6.45) is 2.51. The molecule has 7 nitrogen and oxygen atoms in total. The molecule has 2 rings (SSSR count). The van der Waals surface area contributed by atoms with Crippen molar-refractivity contribution in [2.24, 2.45) is 5.92 Å². The number of nitrogens with one attached hydrogen (secondary N) is 2. The minimum atomic E-state index is -0.194. The molecule has 1 atom stereocenters. The quantitative estimate of drug-likeness (QED) is 0.749. The summed E-state index contributed by atoms with van der Waals surface area (Å²) >= 11 is 0. The number of nitrogens with zero attached hydrogens (tertiary/aromatic N) is 1. The molecule has 1 aliphatic rings. The molecule has 0 aliphatic carbocycles. The number of anilines is 1. The van der Waals surface area contributed by atoms with Crippen LogP contribution in [-0.2, 0) is 14.3 Å². The molecule has 1 aromatic heterocycles. The van der Waals surface area contributed by atoms with E-state index >= 15 is 0 Å². The summed E-state index contributed by atoms with van der Waals surface area (Å²) in [6.45, 7) is 1.31. The van der Waals surface area contributed by atoms with Crippen LogP contribution >= 0.6 is 0 Å². The van der Waals surface area contributed by atoms with E-state index in [4.69, 9.17) is 9.47 Å². The minimum Gasteiger partial charge on any atom is -0.475 e. The van der Waals surface area contributed by atoms with Crippen LogP contribution < -0.4 is 15.4 Å². The van der Waals surface area contributed by atoms with Crippen LogP contribution in [0, 0.1) is 5.92 Å².